The molecule has 6 heteroatoms. The molecule has 0 saturated heterocycles. The zero-order chi connectivity index (χ0) is 58.5. The number of hydrogen-bond donors (Lipinski definition) is 0. The number of allylic oxidation sites excluding steroid dienone is 34. The van der Waals surface area contributed by atoms with Gasteiger partial charge in [-0.1, -0.05) is 259 Å². The highest BCUT2D eigenvalue weighted by molar-refractivity contribution is 5.71. The standard InChI is InChI=1S/C75H112O6/c1-4-7-10-13-16-19-22-25-27-29-31-33-35-36-37-38-40-41-43-45-47-50-53-56-59-62-65-68-74(77)80-71-72(70-79-73(76)67-64-61-58-55-52-49-24-21-18-15-12-9-6-3)81-75(78)69-66-63-60-57-54-51-48-46-44-42-39-34-32-30-28-26-23-20-17-14-11-8-5-2/h7-12,16-21,25-28,31-34,36-37,40-42,44-45,47-49,51-52,58,61,72H,4-6,13-15,22-24,29-30,35,38-39,43,46,50,53-57,59-60,62-71H2,1-3H3/b10-7-,11-8-,12-9-,19-16-,20-17-,21-18-,27-25-,28-26-,33-31-,34-32-,37-36-,41-40-,44-42-,47-45-,51-48-,52-49-,61-58-. The Balaban J connectivity index is 4.53. The van der Waals surface area contributed by atoms with E-state index in [2.05, 4.69) is 215 Å². The zero-order valence-corrected chi connectivity index (χ0v) is 51.2. The van der Waals surface area contributed by atoms with Crippen LogP contribution in [0.4, 0.5) is 0 Å². The van der Waals surface area contributed by atoms with Gasteiger partial charge in [0.1, 0.15) is 13.2 Å². The molecule has 0 aromatic rings. The topological polar surface area (TPSA) is 78.9 Å². The second-order valence-corrected chi connectivity index (χ2v) is 19.8. The first-order valence-electron chi connectivity index (χ1n) is 31.6. The van der Waals surface area contributed by atoms with Crippen LogP contribution in [0.3, 0.4) is 0 Å². The monoisotopic (exact) mass is 1110 g/mol. The first-order chi connectivity index (χ1) is 40.0. The van der Waals surface area contributed by atoms with Gasteiger partial charge in [0.2, 0.25) is 0 Å². The quantitative estimate of drug-likeness (QED) is 0.0261. The summed E-state index contributed by atoms with van der Waals surface area (Å²) in [6, 6.07) is 0. The summed E-state index contributed by atoms with van der Waals surface area (Å²) >= 11 is 0. The third-order valence-electron chi connectivity index (χ3n) is 12.3. The molecular formula is C75H112O6. The predicted octanol–water partition coefficient (Wildman–Crippen LogP) is 22.0. The molecule has 0 aromatic carbocycles. The van der Waals surface area contributed by atoms with E-state index in [0.717, 1.165) is 173 Å². The second kappa shape index (κ2) is 66.5. The number of rotatable bonds is 54. The van der Waals surface area contributed by atoms with Crippen LogP contribution < -0.4 is 0 Å². The molecule has 0 aromatic heterocycles. The molecule has 448 valence electrons. The summed E-state index contributed by atoms with van der Waals surface area (Å²) in [7, 11) is 0. The van der Waals surface area contributed by atoms with Crippen LogP contribution in [0.1, 0.15) is 226 Å². The van der Waals surface area contributed by atoms with Crippen LogP contribution >= 0.6 is 0 Å². The Labute approximate surface area is 496 Å². The van der Waals surface area contributed by atoms with Crippen LogP contribution in [0.5, 0.6) is 0 Å². The maximum atomic E-state index is 12.9. The van der Waals surface area contributed by atoms with E-state index in [9.17, 15) is 14.4 Å². The van der Waals surface area contributed by atoms with E-state index in [1.165, 1.54) is 0 Å². The average molecular weight is 1110 g/mol. The lowest BCUT2D eigenvalue weighted by Crippen LogP contribution is -2.30. The molecule has 0 bridgehead atoms. The van der Waals surface area contributed by atoms with Crippen molar-refractivity contribution in [3.05, 3.63) is 207 Å². The number of hydrogen-bond acceptors (Lipinski definition) is 6. The molecule has 0 spiro atoms. The molecule has 0 heterocycles. The lowest BCUT2D eigenvalue weighted by Gasteiger charge is -2.18. The second-order valence-electron chi connectivity index (χ2n) is 19.8. The Bertz CT molecular complexity index is 2000. The van der Waals surface area contributed by atoms with Crippen LogP contribution in [-0.4, -0.2) is 37.2 Å². The Kier molecular flexibility index (Phi) is 61.6. The molecule has 1 unspecified atom stereocenters. The summed E-state index contributed by atoms with van der Waals surface area (Å²) in [6.45, 7) is 6.17. The molecular weight excluding hydrogens is 997 g/mol. The van der Waals surface area contributed by atoms with E-state index in [-0.39, 0.29) is 44.0 Å². The normalized spacial score (nSPS) is 13.6. The van der Waals surface area contributed by atoms with Crippen molar-refractivity contribution in [1.29, 1.82) is 0 Å². The molecule has 0 aliphatic rings. The van der Waals surface area contributed by atoms with E-state index >= 15 is 0 Å². The lowest BCUT2D eigenvalue weighted by molar-refractivity contribution is -0.166. The van der Waals surface area contributed by atoms with E-state index in [1.54, 1.807) is 0 Å². The van der Waals surface area contributed by atoms with Crippen molar-refractivity contribution in [2.75, 3.05) is 13.2 Å². The fraction of sp³-hybridized carbons (Fsp3) is 0.507. The molecule has 0 aliphatic heterocycles. The minimum atomic E-state index is -0.844. The summed E-state index contributed by atoms with van der Waals surface area (Å²) < 4.78 is 16.8. The minimum Gasteiger partial charge on any atom is -0.462 e. The van der Waals surface area contributed by atoms with E-state index in [1.807, 2.05) is 12.2 Å². The average Bonchev–Trinajstić information content (AvgIpc) is 3.46. The highest BCUT2D eigenvalue weighted by atomic mass is 16.6. The summed E-state index contributed by atoms with van der Waals surface area (Å²) in [5, 5.41) is 0. The van der Waals surface area contributed by atoms with Gasteiger partial charge in [-0.2, -0.15) is 0 Å². The summed E-state index contributed by atoms with van der Waals surface area (Å²) in [5.41, 5.74) is 0. The summed E-state index contributed by atoms with van der Waals surface area (Å²) in [5.74, 6) is -1.07. The fourth-order valence-electron chi connectivity index (χ4n) is 7.67. The van der Waals surface area contributed by atoms with Crippen LogP contribution in [0.2, 0.25) is 0 Å². The van der Waals surface area contributed by atoms with Crippen LogP contribution in [0, 0.1) is 0 Å². The van der Waals surface area contributed by atoms with Gasteiger partial charge < -0.3 is 14.2 Å². The predicted molar refractivity (Wildman–Crippen MR) is 352 cm³/mol. The van der Waals surface area contributed by atoms with Crippen molar-refractivity contribution < 1.29 is 28.6 Å². The van der Waals surface area contributed by atoms with Crippen molar-refractivity contribution in [3.63, 3.8) is 0 Å². The third-order valence-corrected chi connectivity index (χ3v) is 12.3. The van der Waals surface area contributed by atoms with Gasteiger partial charge in [0, 0.05) is 19.3 Å². The Morgan fingerprint density at radius 3 is 0.765 bits per heavy atom. The van der Waals surface area contributed by atoms with Gasteiger partial charge in [0.15, 0.2) is 6.10 Å². The fourth-order valence-corrected chi connectivity index (χ4v) is 7.67. The van der Waals surface area contributed by atoms with Gasteiger partial charge in [-0.3, -0.25) is 14.4 Å². The van der Waals surface area contributed by atoms with Gasteiger partial charge in [-0.15, -0.1) is 0 Å². The maximum Gasteiger partial charge on any atom is 0.306 e. The third kappa shape index (κ3) is 64.7. The zero-order valence-electron chi connectivity index (χ0n) is 51.2. The first-order valence-corrected chi connectivity index (χ1v) is 31.6. The molecule has 0 fully saturated rings. The molecule has 0 radical (unpaired) electrons. The van der Waals surface area contributed by atoms with Crippen LogP contribution in [0.15, 0.2) is 207 Å². The number of carbonyl (C=O) groups excluding carboxylic acids is 3. The number of unbranched alkanes of at least 4 members (excludes halogenated alkanes) is 9. The highest BCUT2D eigenvalue weighted by Crippen LogP contribution is 2.12. The van der Waals surface area contributed by atoms with Gasteiger partial charge in [-0.25, -0.2) is 0 Å². The summed E-state index contributed by atoms with van der Waals surface area (Å²) in [4.78, 5) is 38.3. The van der Waals surface area contributed by atoms with Gasteiger partial charge in [-0.05, 0) is 154 Å². The van der Waals surface area contributed by atoms with Crippen molar-refractivity contribution in [2.45, 2.75) is 232 Å². The van der Waals surface area contributed by atoms with E-state index < -0.39 is 6.10 Å². The molecule has 1 atom stereocenters. The van der Waals surface area contributed by atoms with Crippen molar-refractivity contribution in [3.8, 4) is 0 Å². The van der Waals surface area contributed by atoms with Crippen LogP contribution in [0.25, 0.3) is 0 Å². The van der Waals surface area contributed by atoms with Gasteiger partial charge >= 0.3 is 17.9 Å². The van der Waals surface area contributed by atoms with Crippen molar-refractivity contribution in [2.24, 2.45) is 0 Å². The van der Waals surface area contributed by atoms with E-state index in [4.69, 9.17) is 14.2 Å². The molecule has 0 saturated carbocycles. The smallest absolute Gasteiger partial charge is 0.306 e. The molecule has 81 heavy (non-hydrogen) atoms. The summed E-state index contributed by atoms with van der Waals surface area (Å²) in [6.07, 6.45) is 103. The Morgan fingerprint density at radius 2 is 0.469 bits per heavy atom. The number of carbonyl (C=O) groups is 3. The molecule has 0 N–H and O–H groups in total. The molecule has 0 rings (SSSR count). The van der Waals surface area contributed by atoms with Crippen molar-refractivity contribution in [1.82, 2.24) is 0 Å². The largest absolute Gasteiger partial charge is 0.462 e. The first kappa shape index (κ1) is 75.0. The number of esters is 3. The van der Waals surface area contributed by atoms with Crippen molar-refractivity contribution >= 4 is 17.9 Å². The Morgan fingerprint density at radius 1 is 0.247 bits per heavy atom. The highest BCUT2D eigenvalue weighted by Gasteiger charge is 2.19. The van der Waals surface area contributed by atoms with Crippen LogP contribution in [-0.2, 0) is 28.6 Å². The number of ether oxygens (including phenoxy) is 3. The lowest BCUT2D eigenvalue weighted by atomic mass is 10.1. The molecule has 0 amide bonds. The SMILES string of the molecule is CC/C=C\C/C=C\C/C=C\C/C=C\C/C=C\C/C=C\C/C=C\CCCCCCCC(=O)OCC(COC(=O)CC/C=C\C/C=C\C/C=C\C/C=C\CC)OC(=O)CCCCCC/C=C\C/C=C\C/C=C\C/C=C\C/C=C\C/C=C\CC. The molecule has 0 aliphatic carbocycles. The molecule has 6 nitrogen and oxygen atoms in total. The van der Waals surface area contributed by atoms with E-state index in [0.29, 0.717) is 19.3 Å². The Hall–Kier alpha value is -6.01. The minimum absolute atomic E-state index is 0.133. The van der Waals surface area contributed by atoms with Gasteiger partial charge in [0.05, 0.1) is 0 Å². The maximum absolute atomic E-state index is 12.9. The van der Waals surface area contributed by atoms with Gasteiger partial charge in [0.25, 0.3) is 0 Å².